The minimum Gasteiger partial charge on any atom is -0.356 e. The van der Waals surface area contributed by atoms with Gasteiger partial charge in [0.25, 0.3) is 11.6 Å². The van der Waals surface area contributed by atoms with Gasteiger partial charge in [-0.3, -0.25) is 14.9 Å². The van der Waals surface area contributed by atoms with Gasteiger partial charge >= 0.3 is 0 Å². The summed E-state index contributed by atoms with van der Waals surface area (Å²) in [5.41, 5.74) is 1.49. The second-order valence-corrected chi connectivity index (χ2v) is 4.86. The van der Waals surface area contributed by atoms with Crippen molar-refractivity contribution in [3.63, 3.8) is 0 Å². The van der Waals surface area contributed by atoms with Crippen LogP contribution in [0.4, 0.5) is 11.4 Å². The van der Waals surface area contributed by atoms with Crippen LogP contribution in [-0.2, 0) is 0 Å². The fraction of sp³-hybridized carbons (Fsp3) is 0.0833. The molecule has 6 nitrogen and oxygen atoms in total. The maximum absolute atomic E-state index is 11.9. The Balaban J connectivity index is 2.25. The molecule has 0 atom stereocenters. The number of hydrogen-bond acceptors (Lipinski definition) is 3. The Morgan fingerprint density at radius 3 is 2.74 bits per heavy atom. The molecule has 0 aliphatic heterocycles. The van der Waals surface area contributed by atoms with Gasteiger partial charge in [0.1, 0.15) is 5.69 Å². The topological polar surface area (TPSA) is 88.0 Å². The molecule has 0 radical (unpaired) electrons. The SMILES string of the molecule is Cc1ccc([N+](=O)[O-])cc1NC(=O)c1cc(Br)c[nH]1. The molecule has 1 aromatic carbocycles. The quantitative estimate of drug-likeness (QED) is 0.671. The number of aryl methyl sites for hydroxylation is 1. The summed E-state index contributed by atoms with van der Waals surface area (Å²) in [5.74, 6) is -0.353. The van der Waals surface area contributed by atoms with Gasteiger partial charge in [-0.05, 0) is 34.5 Å². The number of nitro benzene ring substituents is 1. The molecule has 2 N–H and O–H groups in total. The lowest BCUT2D eigenvalue weighted by Crippen LogP contribution is -2.13. The van der Waals surface area contributed by atoms with Crippen LogP contribution in [-0.4, -0.2) is 15.8 Å². The van der Waals surface area contributed by atoms with E-state index >= 15 is 0 Å². The predicted octanol–water partition coefficient (Wildman–Crippen LogP) is 3.25. The Kier molecular flexibility index (Phi) is 3.66. The number of aromatic nitrogens is 1. The van der Waals surface area contributed by atoms with Gasteiger partial charge in [0, 0.05) is 22.8 Å². The number of nitrogens with zero attached hydrogens (tertiary/aromatic N) is 1. The molecule has 2 rings (SSSR count). The zero-order chi connectivity index (χ0) is 14.0. The summed E-state index contributed by atoms with van der Waals surface area (Å²) in [6, 6.07) is 5.96. The normalized spacial score (nSPS) is 10.2. The van der Waals surface area contributed by atoms with E-state index < -0.39 is 4.92 Å². The van der Waals surface area contributed by atoms with Gasteiger partial charge in [0.15, 0.2) is 0 Å². The van der Waals surface area contributed by atoms with E-state index in [9.17, 15) is 14.9 Å². The third-order valence-corrected chi connectivity index (χ3v) is 3.03. The number of H-pyrrole nitrogens is 1. The van der Waals surface area contributed by atoms with Crippen molar-refractivity contribution in [2.45, 2.75) is 6.92 Å². The second-order valence-electron chi connectivity index (χ2n) is 3.94. The van der Waals surface area contributed by atoms with Gasteiger partial charge in [-0.25, -0.2) is 0 Å². The standard InChI is InChI=1S/C12H10BrN3O3/c1-7-2-3-9(16(18)19)5-10(7)15-12(17)11-4-8(13)6-14-11/h2-6,14H,1H3,(H,15,17). The lowest BCUT2D eigenvalue weighted by molar-refractivity contribution is -0.384. The molecule has 1 aromatic heterocycles. The van der Waals surface area contributed by atoms with Crippen LogP contribution in [0, 0.1) is 17.0 Å². The Morgan fingerprint density at radius 2 is 2.16 bits per heavy atom. The van der Waals surface area contributed by atoms with Crippen LogP contribution in [0.1, 0.15) is 16.1 Å². The maximum atomic E-state index is 11.9. The van der Waals surface area contributed by atoms with E-state index in [0.717, 1.165) is 10.0 Å². The van der Waals surface area contributed by atoms with Crippen molar-refractivity contribution in [1.29, 1.82) is 0 Å². The molecule has 0 saturated carbocycles. The number of carbonyl (C=O) groups is 1. The van der Waals surface area contributed by atoms with Crippen molar-refractivity contribution < 1.29 is 9.72 Å². The molecule has 0 spiro atoms. The first-order valence-electron chi connectivity index (χ1n) is 5.37. The number of rotatable bonds is 3. The minimum atomic E-state index is -0.500. The summed E-state index contributed by atoms with van der Waals surface area (Å²) >= 11 is 3.23. The van der Waals surface area contributed by atoms with E-state index in [1.807, 2.05) is 0 Å². The van der Waals surface area contributed by atoms with E-state index in [2.05, 4.69) is 26.2 Å². The molecule has 0 aliphatic rings. The summed E-state index contributed by atoms with van der Waals surface area (Å²) in [6.45, 7) is 1.77. The highest BCUT2D eigenvalue weighted by Crippen LogP contribution is 2.22. The van der Waals surface area contributed by atoms with E-state index in [1.165, 1.54) is 12.1 Å². The first-order chi connectivity index (χ1) is 8.97. The number of nitrogens with one attached hydrogen (secondary N) is 2. The number of anilines is 1. The molecule has 0 bridgehead atoms. The number of hydrogen-bond donors (Lipinski definition) is 2. The molecule has 19 heavy (non-hydrogen) atoms. The fourth-order valence-electron chi connectivity index (χ4n) is 1.55. The van der Waals surface area contributed by atoms with Crippen LogP contribution < -0.4 is 5.32 Å². The molecule has 98 valence electrons. The van der Waals surface area contributed by atoms with Crippen molar-refractivity contribution in [1.82, 2.24) is 4.98 Å². The van der Waals surface area contributed by atoms with Gasteiger partial charge in [0.05, 0.1) is 10.6 Å². The Labute approximate surface area is 117 Å². The Hall–Kier alpha value is -2.15. The van der Waals surface area contributed by atoms with Crippen LogP contribution in [0.3, 0.4) is 0 Å². The number of non-ortho nitro benzene ring substituents is 1. The number of carbonyl (C=O) groups excluding carboxylic acids is 1. The highest BCUT2D eigenvalue weighted by atomic mass is 79.9. The molecule has 1 amide bonds. The third-order valence-electron chi connectivity index (χ3n) is 2.57. The highest BCUT2D eigenvalue weighted by molar-refractivity contribution is 9.10. The van der Waals surface area contributed by atoms with Crippen molar-refractivity contribution in [3.8, 4) is 0 Å². The molecule has 0 fully saturated rings. The smallest absolute Gasteiger partial charge is 0.272 e. The average Bonchev–Trinajstić information content (AvgIpc) is 2.78. The van der Waals surface area contributed by atoms with Crippen molar-refractivity contribution >= 4 is 33.2 Å². The van der Waals surface area contributed by atoms with Crippen LogP contribution in [0.15, 0.2) is 34.9 Å². The molecule has 0 unspecified atom stereocenters. The average molecular weight is 324 g/mol. The van der Waals surface area contributed by atoms with Crippen molar-refractivity contribution in [2.75, 3.05) is 5.32 Å². The number of benzene rings is 1. The van der Waals surface area contributed by atoms with Crippen molar-refractivity contribution in [3.05, 3.63) is 56.3 Å². The van der Waals surface area contributed by atoms with Gasteiger partial charge in [0.2, 0.25) is 0 Å². The van der Waals surface area contributed by atoms with E-state index in [-0.39, 0.29) is 11.6 Å². The molecule has 0 saturated heterocycles. The molecular weight excluding hydrogens is 314 g/mol. The zero-order valence-corrected chi connectivity index (χ0v) is 11.5. The van der Waals surface area contributed by atoms with Crippen LogP contribution in [0.5, 0.6) is 0 Å². The van der Waals surface area contributed by atoms with Crippen LogP contribution in [0.2, 0.25) is 0 Å². The van der Waals surface area contributed by atoms with Crippen LogP contribution in [0.25, 0.3) is 0 Å². The number of aromatic amines is 1. The Morgan fingerprint density at radius 1 is 1.42 bits per heavy atom. The second kappa shape index (κ2) is 5.23. The van der Waals surface area contributed by atoms with E-state index in [4.69, 9.17) is 0 Å². The molecule has 1 heterocycles. The summed E-state index contributed by atoms with van der Waals surface area (Å²) < 4.78 is 0.758. The summed E-state index contributed by atoms with van der Waals surface area (Å²) in [7, 11) is 0. The first kappa shape index (κ1) is 13.3. The van der Waals surface area contributed by atoms with Gasteiger partial charge < -0.3 is 10.3 Å². The highest BCUT2D eigenvalue weighted by Gasteiger charge is 2.13. The summed E-state index contributed by atoms with van der Waals surface area (Å²) in [5, 5.41) is 13.3. The molecule has 2 aromatic rings. The summed E-state index contributed by atoms with van der Waals surface area (Å²) in [4.78, 5) is 24.9. The maximum Gasteiger partial charge on any atom is 0.272 e. The third kappa shape index (κ3) is 3.00. The predicted molar refractivity (Wildman–Crippen MR) is 74.3 cm³/mol. The fourth-order valence-corrected chi connectivity index (χ4v) is 1.89. The number of halogens is 1. The van der Waals surface area contributed by atoms with E-state index in [0.29, 0.717) is 11.4 Å². The summed E-state index contributed by atoms with van der Waals surface area (Å²) in [6.07, 6.45) is 1.63. The largest absolute Gasteiger partial charge is 0.356 e. The monoisotopic (exact) mass is 323 g/mol. The Bertz CT molecular complexity index is 651. The molecule has 7 heteroatoms. The van der Waals surface area contributed by atoms with Crippen LogP contribution >= 0.6 is 15.9 Å². The van der Waals surface area contributed by atoms with Crippen molar-refractivity contribution in [2.24, 2.45) is 0 Å². The lowest BCUT2D eigenvalue weighted by atomic mass is 10.2. The van der Waals surface area contributed by atoms with Gasteiger partial charge in [-0.2, -0.15) is 0 Å². The van der Waals surface area contributed by atoms with Gasteiger partial charge in [-0.1, -0.05) is 6.07 Å². The first-order valence-corrected chi connectivity index (χ1v) is 6.17. The number of nitro groups is 1. The van der Waals surface area contributed by atoms with Gasteiger partial charge in [-0.15, -0.1) is 0 Å². The minimum absolute atomic E-state index is 0.0615. The number of amides is 1. The zero-order valence-electron chi connectivity index (χ0n) is 9.94. The lowest BCUT2D eigenvalue weighted by Gasteiger charge is -2.07. The van der Waals surface area contributed by atoms with E-state index in [1.54, 1.807) is 25.3 Å². The molecular formula is C12H10BrN3O3. The molecule has 0 aliphatic carbocycles.